The lowest BCUT2D eigenvalue weighted by molar-refractivity contribution is -0.388. The molecule has 28 heavy (non-hydrogen) atoms. The van der Waals surface area contributed by atoms with Gasteiger partial charge in [-0.3, -0.25) is 19.6 Å². The van der Waals surface area contributed by atoms with E-state index in [0.29, 0.717) is 6.07 Å². The van der Waals surface area contributed by atoms with E-state index in [1.165, 1.54) is 42.7 Å². The van der Waals surface area contributed by atoms with E-state index in [2.05, 4.69) is 10.0 Å². The largest absolute Gasteiger partial charge is 0.459 e. The highest BCUT2D eigenvalue weighted by Gasteiger charge is 2.26. The van der Waals surface area contributed by atoms with E-state index in [0.717, 1.165) is 12.1 Å². The quantitative estimate of drug-likeness (QED) is 0.477. The van der Waals surface area contributed by atoms with Crippen molar-refractivity contribution in [3.05, 3.63) is 82.6 Å². The van der Waals surface area contributed by atoms with Gasteiger partial charge in [0.1, 0.15) is 5.82 Å². The van der Waals surface area contributed by atoms with Gasteiger partial charge < -0.3 is 9.73 Å². The standard InChI is InChI=1S/C17H12FN3O6S/c18-11-6-7-16(14(9-11)21(23)24)28(25,26)20-13-4-1-3-12(10-13)19-17(22)15-5-2-8-27-15/h1-10,20H,(H,19,22). The summed E-state index contributed by atoms with van der Waals surface area (Å²) in [5, 5.41) is 13.6. The maximum Gasteiger partial charge on any atom is 0.292 e. The number of rotatable bonds is 6. The van der Waals surface area contributed by atoms with Crippen molar-refractivity contribution in [3.8, 4) is 0 Å². The molecule has 0 fully saturated rings. The molecule has 1 aromatic heterocycles. The maximum absolute atomic E-state index is 13.2. The summed E-state index contributed by atoms with van der Waals surface area (Å²) in [4.78, 5) is 21.4. The molecule has 0 unspecified atom stereocenters. The molecule has 144 valence electrons. The minimum Gasteiger partial charge on any atom is -0.459 e. The van der Waals surface area contributed by atoms with Crippen LogP contribution >= 0.6 is 0 Å². The van der Waals surface area contributed by atoms with Crippen molar-refractivity contribution >= 4 is 33.0 Å². The molecular formula is C17H12FN3O6S. The van der Waals surface area contributed by atoms with Crippen LogP contribution in [0.1, 0.15) is 10.6 Å². The third kappa shape index (κ3) is 4.15. The van der Waals surface area contributed by atoms with Crippen LogP contribution in [0.2, 0.25) is 0 Å². The fourth-order valence-electron chi connectivity index (χ4n) is 2.33. The molecule has 3 rings (SSSR count). The molecule has 0 aliphatic rings. The van der Waals surface area contributed by atoms with Gasteiger partial charge in [-0.2, -0.15) is 0 Å². The number of carbonyl (C=O) groups is 1. The molecule has 2 N–H and O–H groups in total. The number of anilines is 2. The van der Waals surface area contributed by atoms with Crippen molar-refractivity contribution in [1.82, 2.24) is 0 Å². The molecule has 0 spiro atoms. The minimum atomic E-state index is -4.38. The first-order chi connectivity index (χ1) is 13.3. The van der Waals surface area contributed by atoms with Gasteiger partial charge in [-0.15, -0.1) is 0 Å². The Hall–Kier alpha value is -3.73. The van der Waals surface area contributed by atoms with Crippen molar-refractivity contribution in [2.45, 2.75) is 4.90 Å². The number of carbonyl (C=O) groups excluding carboxylic acids is 1. The van der Waals surface area contributed by atoms with Gasteiger partial charge in [-0.1, -0.05) is 6.07 Å². The number of amides is 1. The number of nitro benzene ring substituents is 1. The lowest BCUT2D eigenvalue weighted by Gasteiger charge is -2.10. The normalized spacial score (nSPS) is 11.0. The van der Waals surface area contributed by atoms with Crippen LogP contribution in [0.4, 0.5) is 21.5 Å². The lowest BCUT2D eigenvalue weighted by Crippen LogP contribution is -2.15. The second kappa shape index (κ2) is 7.48. The number of nitrogens with one attached hydrogen (secondary N) is 2. The molecule has 0 aliphatic carbocycles. The van der Waals surface area contributed by atoms with E-state index in [9.17, 15) is 27.7 Å². The Morgan fingerprint density at radius 2 is 1.82 bits per heavy atom. The van der Waals surface area contributed by atoms with Gasteiger partial charge in [-0.05, 0) is 42.5 Å². The van der Waals surface area contributed by atoms with E-state index in [1.807, 2.05) is 0 Å². The second-order valence-electron chi connectivity index (χ2n) is 5.49. The van der Waals surface area contributed by atoms with Crippen LogP contribution in [0, 0.1) is 15.9 Å². The number of halogens is 1. The molecule has 0 saturated heterocycles. The molecule has 0 saturated carbocycles. The first-order valence-electron chi connectivity index (χ1n) is 7.68. The molecule has 0 radical (unpaired) electrons. The smallest absolute Gasteiger partial charge is 0.292 e. The Morgan fingerprint density at radius 3 is 2.50 bits per heavy atom. The zero-order chi connectivity index (χ0) is 20.3. The summed E-state index contributed by atoms with van der Waals surface area (Å²) in [6, 6.07) is 10.8. The molecule has 2 aromatic carbocycles. The highest BCUT2D eigenvalue weighted by atomic mass is 32.2. The fourth-order valence-corrected chi connectivity index (χ4v) is 3.53. The van der Waals surface area contributed by atoms with Gasteiger partial charge in [0, 0.05) is 5.69 Å². The summed E-state index contributed by atoms with van der Waals surface area (Å²) in [6.07, 6.45) is 1.33. The van der Waals surface area contributed by atoms with Crippen molar-refractivity contribution < 1.29 is 26.9 Å². The molecule has 0 atom stereocenters. The van der Waals surface area contributed by atoms with Gasteiger partial charge in [0.05, 0.1) is 22.9 Å². The Morgan fingerprint density at radius 1 is 1.07 bits per heavy atom. The van der Waals surface area contributed by atoms with E-state index >= 15 is 0 Å². The zero-order valence-electron chi connectivity index (χ0n) is 14.0. The molecule has 1 amide bonds. The van der Waals surface area contributed by atoms with E-state index in [4.69, 9.17) is 4.42 Å². The van der Waals surface area contributed by atoms with Gasteiger partial charge >= 0.3 is 0 Å². The number of sulfonamides is 1. The molecule has 1 heterocycles. The van der Waals surface area contributed by atoms with E-state index < -0.39 is 37.3 Å². The van der Waals surface area contributed by atoms with Crippen molar-refractivity contribution in [3.63, 3.8) is 0 Å². The monoisotopic (exact) mass is 405 g/mol. The van der Waals surface area contributed by atoms with Crippen LogP contribution in [-0.2, 0) is 10.0 Å². The summed E-state index contributed by atoms with van der Waals surface area (Å²) in [6.45, 7) is 0. The predicted octanol–water partition coefficient (Wildman–Crippen LogP) is 3.38. The molecular weight excluding hydrogens is 393 g/mol. The molecule has 3 aromatic rings. The Bertz CT molecular complexity index is 1150. The number of hydrogen-bond acceptors (Lipinski definition) is 6. The van der Waals surface area contributed by atoms with E-state index in [1.54, 1.807) is 0 Å². The van der Waals surface area contributed by atoms with Crippen LogP contribution in [0.15, 0.2) is 70.2 Å². The maximum atomic E-state index is 13.2. The Balaban J connectivity index is 1.86. The summed E-state index contributed by atoms with van der Waals surface area (Å²) in [7, 11) is -4.38. The number of nitrogens with zero attached hydrogens (tertiary/aromatic N) is 1. The summed E-state index contributed by atoms with van der Waals surface area (Å²) < 4.78 is 45.4. The summed E-state index contributed by atoms with van der Waals surface area (Å²) in [5.74, 6) is -1.42. The first-order valence-corrected chi connectivity index (χ1v) is 9.16. The number of benzene rings is 2. The van der Waals surface area contributed by atoms with Gasteiger partial charge in [-0.25, -0.2) is 12.8 Å². The van der Waals surface area contributed by atoms with Crippen LogP contribution in [0.5, 0.6) is 0 Å². The highest BCUT2D eigenvalue weighted by molar-refractivity contribution is 7.92. The molecule has 9 nitrogen and oxygen atoms in total. The zero-order valence-corrected chi connectivity index (χ0v) is 14.8. The molecule has 0 bridgehead atoms. The highest BCUT2D eigenvalue weighted by Crippen LogP contribution is 2.27. The molecule has 0 aliphatic heterocycles. The van der Waals surface area contributed by atoms with Gasteiger partial charge in [0.2, 0.25) is 0 Å². The number of hydrogen-bond donors (Lipinski definition) is 2. The van der Waals surface area contributed by atoms with Gasteiger partial charge in [0.25, 0.3) is 21.6 Å². The fraction of sp³-hybridized carbons (Fsp3) is 0. The summed E-state index contributed by atoms with van der Waals surface area (Å²) in [5.41, 5.74) is -0.596. The van der Waals surface area contributed by atoms with Crippen LogP contribution in [-0.4, -0.2) is 19.2 Å². The van der Waals surface area contributed by atoms with Crippen molar-refractivity contribution in [2.75, 3.05) is 10.0 Å². The first kappa shape index (κ1) is 19.0. The Labute approximate surface area is 158 Å². The van der Waals surface area contributed by atoms with Gasteiger partial charge in [0.15, 0.2) is 10.7 Å². The van der Waals surface area contributed by atoms with Crippen LogP contribution in [0.3, 0.4) is 0 Å². The molecule has 11 heteroatoms. The lowest BCUT2D eigenvalue weighted by atomic mass is 10.3. The van der Waals surface area contributed by atoms with Crippen molar-refractivity contribution in [2.24, 2.45) is 0 Å². The number of furan rings is 1. The van der Waals surface area contributed by atoms with E-state index in [-0.39, 0.29) is 17.1 Å². The second-order valence-corrected chi connectivity index (χ2v) is 7.14. The average molecular weight is 405 g/mol. The third-order valence-electron chi connectivity index (χ3n) is 3.52. The van der Waals surface area contributed by atoms with Crippen LogP contribution in [0.25, 0.3) is 0 Å². The SMILES string of the molecule is O=C(Nc1cccc(NS(=O)(=O)c2ccc(F)cc2[N+](=O)[O-])c1)c1ccco1. The average Bonchev–Trinajstić information content (AvgIpc) is 3.16. The number of nitro groups is 1. The van der Waals surface area contributed by atoms with Crippen LogP contribution < -0.4 is 10.0 Å². The summed E-state index contributed by atoms with van der Waals surface area (Å²) >= 11 is 0. The third-order valence-corrected chi connectivity index (χ3v) is 4.95. The topological polar surface area (TPSA) is 132 Å². The Kier molecular flexibility index (Phi) is 5.09. The minimum absolute atomic E-state index is 0.0378. The predicted molar refractivity (Wildman–Crippen MR) is 97.0 cm³/mol. The van der Waals surface area contributed by atoms with Crippen molar-refractivity contribution in [1.29, 1.82) is 0 Å².